The van der Waals surface area contributed by atoms with Crippen LogP contribution in [0.25, 0.3) is 0 Å². The zero-order chi connectivity index (χ0) is 22.0. The number of methoxy groups -OCH3 is 1. The van der Waals surface area contributed by atoms with Crippen LogP contribution in [0.15, 0.2) is 77.3 Å². The molecule has 0 aromatic heterocycles. The highest BCUT2D eigenvalue weighted by molar-refractivity contribution is 9.10. The van der Waals surface area contributed by atoms with Crippen molar-refractivity contribution < 1.29 is 19.4 Å². The first-order chi connectivity index (χ1) is 14.9. The summed E-state index contributed by atoms with van der Waals surface area (Å²) in [4.78, 5) is 27.9. The molecular formula is C25H22BrNO4. The van der Waals surface area contributed by atoms with Crippen LogP contribution in [0.5, 0.6) is 5.75 Å². The maximum absolute atomic E-state index is 13.4. The van der Waals surface area contributed by atoms with Crippen LogP contribution in [0.1, 0.15) is 27.9 Å². The summed E-state index contributed by atoms with van der Waals surface area (Å²) >= 11 is 3.42. The monoisotopic (exact) mass is 479 g/mol. The van der Waals surface area contributed by atoms with Gasteiger partial charge in [0.05, 0.1) is 19.2 Å². The highest BCUT2D eigenvalue weighted by atomic mass is 79.9. The number of amides is 1. The van der Waals surface area contributed by atoms with Crippen LogP contribution in [-0.2, 0) is 16.8 Å². The SMILES string of the molecule is COc1ccc(C(=O)C[C@]2(O)C(=O)N(CCc3ccccc3)c3ccc(Br)cc32)cc1. The molecule has 0 bridgehead atoms. The second-order valence-corrected chi connectivity index (χ2v) is 8.46. The lowest BCUT2D eigenvalue weighted by Gasteiger charge is -2.23. The molecule has 5 nitrogen and oxygen atoms in total. The maximum Gasteiger partial charge on any atom is 0.264 e. The number of rotatable bonds is 7. The molecule has 0 radical (unpaired) electrons. The number of Topliss-reactive ketones (excluding diaryl/α,β-unsaturated/α-hetero) is 1. The Labute approximate surface area is 189 Å². The Morgan fingerprint density at radius 1 is 1.06 bits per heavy atom. The molecule has 0 unspecified atom stereocenters. The van der Waals surface area contributed by atoms with E-state index in [2.05, 4.69) is 15.9 Å². The van der Waals surface area contributed by atoms with E-state index in [4.69, 9.17) is 4.74 Å². The van der Waals surface area contributed by atoms with Gasteiger partial charge in [0.25, 0.3) is 5.91 Å². The molecule has 3 aromatic carbocycles. The van der Waals surface area contributed by atoms with Gasteiger partial charge in [0.2, 0.25) is 0 Å². The summed E-state index contributed by atoms with van der Waals surface area (Å²) in [6.07, 6.45) is 0.314. The van der Waals surface area contributed by atoms with Crippen molar-refractivity contribution in [3.8, 4) is 5.75 Å². The van der Waals surface area contributed by atoms with Crippen LogP contribution in [-0.4, -0.2) is 30.5 Å². The summed E-state index contributed by atoms with van der Waals surface area (Å²) in [6, 6.07) is 21.9. The molecule has 0 saturated carbocycles. The molecule has 0 saturated heterocycles. The Kier molecular flexibility index (Phi) is 5.94. The lowest BCUT2D eigenvalue weighted by Crippen LogP contribution is -2.42. The number of nitrogens with zero attached hydrogens (tertiary/aromatic N) is 1. The van der Waals surface area contributed by atoms with Crippen molar-refractivity contribution in [1.82, 2.24) is 0 Å². The molecular weight excluding hydrogens is 458 g/mol. The van der Waals surface area contributed by atoms with E-state index in [1.54, 1.807) is 48.4 Å². The van der Waals surface area contributed by atoms with Crippen LogP contribution >= 0.6 is 15.9 Å². The van der Waals surface area contributed by atoms with E-state index in [-0.39, 0.29) is 12.2 Å². The third-order valence-electron chi connectivity index (χ3n) is 5.59. The van der Waals surface area contributed by atoms with Crippen molar-refractivity contribution in [3.05, 3.63) is 94.0 Å². The zero-order valence-electron chi connectivity index (χ0n) is 17.0. The fourth-order valence-electron chi connectivity index (χ4n) is 3.91. The van der Waals surface area contributed by atoms with E-state index in [0.29, 0.717) is 35.5 Å². The molecule has 0 aliphatic carbocycles. The molecule has 31 heavy (non-hydrogen) atoms. The van der Waals surface area contributed by atoms with Gasteiger partial charge in [0.15, 0.2) is 11.4 Å². The summed E-state index contributed by atoms with van der Waals surface area (Å²) < 4.78 is 5.87. The summed E-state index contributed by atoms with van der Waals surface area (Å²) in [7, 11) is 1.55. The van der Waals surface area contributed by atoms with Crippen LogP contribution in [0.3, 0.4) is 0 Å². The minimum absolute atomic E-state index is 0.311. The average Bonchev–Trinajstić information content (AvgIpc) is 2.99. The van der Waals surface area contributed by atoms with E-state index < -0.39 is 11.5 Å². The van der Waals surface area contributed by atoms with E-state index in [0.717, 1.165) is 10.0 Å². The van der Waals surface area contributed by atoms with Gasteiger partial charge in [-0.25, -0.2) is 0 Å². The molecule has 3 aromatic rings. The van der Waals surface area contributed by atoms with Gasteiger partial charge < -0.3 is 14.7 Å². The van der Waals surface area contributed by atoms with Crippen molar-refractivity contribution in [1.29, 1.82) is 0 Å². The summed E-state index contributed by atoms with van der Waals surface area (Å²) in [5.41, 5.74) is 0.684. The molecule has 0 fully saturated rings. The Bertz CT molecular complexity index is 1110. The fourth-order valence-corrected chi connectivity index (χ4v) is 4.27. The van der Waals surface area contributed by atoms with Crippen LogP contribution < -0.4 is 9.64 Å². The van der Waals surface area contributed by atoms with E-state index in [1.807, 2.05) is 36.4 Å². The molecule has 6 heteroatoms. The number of fused-ring (bicyclic) bond motifs is 1. The Balaban J connectivity index is 1.62. The van der Waals surface area contributed by atoms with Gasteiger partial charge in [-0.1, -0.05) is 46.3 Å². The molecule has 1 aliphatic rings. The van der Waals surface area contributed by atoms with Crippen molar-refractivity contribution in [3.63, 3.8) is 0 Å². The van der Waals surface area contributed by atoms with Gasteiger partial charge in [-0.2, -0.15) is 0 Å². The number of benzene rings is 3. The van der Waals surface area contributed by atoms with Gasteiger partial charge >= 0.3 is 0 Å². The standard InChI is InChI=1S/C25H22BrNO4/c1-31-20-10-7-18(8-11-20)23(28)16-25(30)21-15-19(26)9-12-22(21)27(24(25)29)14-13-17-5-3-2-4-6-17/h2-12,15,30H,13-14,16H2,1H3/t25-/m1/s1. The number of halogens is 1. The molecule has 1 aliphatic heterocycles. The predicted octanol–water partition coefficient (Wildman–Crippen LogP) is 4.51. The predicted molar refractivity (Wildman–Crippen MR) is 122 cm³/mol. The maximum atomic E-state index is 13.4. The fraction of sp³-hybridized carbons (Fsp3) is 0.200. The second kappa shape index (κ2) is 8.65. The van der Waals surface area contributed by atoms with Crippen molar-refractivity contribution >= 4 is 33.3 Å². The Morgan fingerprint density at radius 2 is 1.77 bits per heavy atom. The molecule has 0 spiro atoms. The van der Waals surface area contributed by atoms with Crippen LogP contribution in [0, 0.1) is 0 Å². The quantitative estimate of drug-likeness (QED) is 0.506. The zero-order valence-corrected chi connectivity index (χ0v) is 18.6. The van der Waals surface area contributed by atoms with E-state index in [1.165, 1.54) is 0 Å². The summed E-state index contributed by atoms with van der Waals surface area (Å²) in [6.45, 7) is 0.413. The molecule has 1 heterocycles. The largest absolute Gasteiger partial charge is 0.497 e. The van der Waals surface area contributed by atoms with E-state index >= 15 is 0 Å². The van der Waals surface area contributed by atoms with Gasteiger partial charge in [0.1, 0.15) is 5.75 Å². The lowest BCUT2D eigenvalue weighted by atomic mass is 9.88. The van der Waals surface area contributed by atoms with Crippen molar-refractivity contribution in [2.75, 3.05) is 18.6 Å². The van der Waals surface area contributed by atoms with Gasteiger partial charge in [0, 0.05) is 22.1 Å². The minimum Gasteiger partial charge on any atom is -0.497 e. The molecule has 1 N–H and O–H groups in total. The molecule has 1 atom stereocenters. The number of hydrogen-bond acceptors (Lipinski definition) is 4. The summed E-state index contributed by atoms with van der Waals surface area (Å²) in [5, 5.41) is 11.5. The topological polar surface area (TPSA) is 66.8 Å². The van der Waals surface area contributed by atoms with Crippen LogP contribution in [0.2, 0.25) is 0 Å². The highest BCUT2D eigenvalue weighted by Gasteiger charge is 2.50. The van der Waals surface area contributed by atoms with Crippen molar-refractivity contribution in [2.24, 2.45) is 0 Å². The first-order valence-electron chi connectivity index (χ1n) is 9.98. The normalized spacial score (nSPS) is 17.5. The Morgan fingerprint density at radius 3 is 2.45 bits per heavy atom. The highest BCUT2D eigenvalue weighted by Crippen LogP contribution is 2.44. The molecule has 4 rings (SSSR count). The molecule has 158 valence electrons. The second-order valence-electron chi connectivity index (χ2n) is 7.54. The third kappa shape index (κ3) is 4.13. The number of hydrogen-bond donors (Lipinski definition) is 1. The van der Waals surface area contributed by atoms with Gasteiger partial charge in [-0.3, -0.25) is 9.59 Å². The number of anilines is 1. The smallest absolute Gasteiger partial charge is 0.264 e. The van der Waals surface area contributed by atoms with Crippen molar-refractivity contribution in [2.45, 2.75) is 18.4 Å². The number of aliphatic hydroxyl groups is 1. The number of carbonyl (C=O) groups is 2. The first kappa shape index (κ1) is 21.3. The third-order valence-corrected chi connectivity index (χ3v) is 6.08. The number of ether oxygens (including phenoxy) is 1. The average molecular weight is 480 g/mol. The summed E-state index contributed by atoms with van der Waals surface area (Å²) in [5.74, 6) is -0.152. The minimum atomic E-state index is -1.91. The number of ketones is 1. The number of carbonyl (C=O) groups excluding carboxylic acids is 2. The molecule has 1 amide bonds. The van der Waals surface area contributed by atoms with Gasteiger partial charge in [-0.15, -0.1) is 0 Å². The lowest BCUT2D eigenvalue weighted by molar-refractivity contribution is -0.135. The van der Waals surface area contributed by atoms with Crippen LogP contribution in [0.4, 0.5) is 5.69 Å². The Hall–Kier alpha value is -2.96. The first-order valence-corrected chi connectivity index (χ1v) is 10.8. The van der Waals surface area contributed by atoms with E-state index in [9.17, 15) is 14.7 Å². The van der Waals surface area contributed by atoms with Gasteiger partial charge in [-0.05, 0) is 54.4 Å².